The number of hydrogen-bond donors (Lipinski definition) is 2. The molecule has 1 aliphatic heterocycles. The molecule has 0 radical (unpaired) electrons. The number of carboxylic acid groups (broad SMARTS) is 2. The molecule has 0 aromatic heterocycles. The first kappa shape index (κ1) is 22.4. The van der Waals surface area contributed by atoms with E-state index in [1.54, 1.807) is 0 Å². The van der Waals surface area contributed by atoms with Gasteiger partial charge in [0.15, 0.2) is 0 Å². The van der Waals surface area contributed by atoms with Crippen molar-refractivity contribution in [1.29, 1.82) is 0 Å². The maximum absolute atomic E-state index is 9.10. The van der Waals surface area contributed by atoms with E-state index in [2.05, 4.69) is 33.8 Å². The molecule has 1 aromatic rings. The number of unbranched alkanes of at least 4 members (excludes halogenated alkanes) is 1. The highest BCUT2D eigenvalue weighted by Crippen LogP contribution is 2.22. The van der Waals surface area contributed by atoms with E-state index in [0.29, 0.717) is 0 Å². The van der Waals surface area contributed by atoms with Gasteiger partial charge in [0.25, 0.3) is 0 Å². The van der Waals surface area contributed by atoms with Crippen LogP contribution in [0.2, 0.25) is 0 Å². The summed E-state index contributed by atoms with van der Waals surface area (Å²) in [4.78, 5) is 20.8. The lowest BCUT2D eigenvalue weighted by atomic mass is 10.2. The first-order valence-corrected chi connectivity index (χ1v) is 9.77. The van der Waals surface area contributed by atoms with Gasteiger partial charge >= 0.3 is 11.9 Å². The number of carboxylic acids is 2. The molecular weight excluding hydrogens is 402 g/mol. The van der Waals surface area contributed by atoms with Crippen molar-refractivity contribution in [2.75, 3.05) is 26.2 Å². The Kier molecular flexibility index (Phi) is 11.0. The molecule has 0 spiro atoms. The highest BCUT2D eigenvalue weighted by Gasteiger charge is 2.08. The molecule has 2 N–H and O–H groups in total. The maximum atomic E-state index is 9.10. The highest BCUT2D eigenvalue weighted by atomic mass is 79.9. The van der Waals surface area contributed by atoms with Crippen LogP contribution in [0.15, 0.2) is 22.7 Å². The van der Waals surface area contributed by atoms with E-state index in [0.717, 1.165) is 23.2 Å². The third-order valence-corrected chi connectivity index (χ3v) is 4.64. The molecule has 1 heterocycles. The molecule has 26 heavy (non-hydrogen) atoms. The first-order valence-electron chi connectivity index (χ1n) is 8.97. The lowest BCUT2D eigenvalue weighted by Gasteiger charge is -2.19. The molecule has 1 aliphatic rings. The molecule has 0 amide bonds. The van der Waals surface area contributed by atoms with Gasteiger partial charge in [0.1, 0.15) is 5.75 Å². The largest absolute Gasteiger partial charge is 0.493 e. The summed E-state index contributed by atoms with van der Waals surface area (Å²) in [6.45, 7) is 6.76. The minimum Gasteiger partial charge on any atom is -0.493 e. The van der Waals surface area contributed by atoms with Gasteiger partial charge in [-0.3, -0.25) is 0 Å². The number of likely N-dealkylation sites (tertiary alicyclic amines) is 1. The zero-order chi connectivity index (χ0) is 19.4. The number of carbonyl (C=O) groups is 2. The van der Waals surface area contributed by atoms with E-state index >= 15 is 0 Å². The highest BCUT2D eigenvalue weighted by molar-refractivity contribution is 9.10. The molecule has 6 nitrogen and oxygen atoms in total. The van der Waals surface area contributed by atoms with Gasteiger partial charge in [0.05, 0.1) is 6.61 Å². The molecule has 0 bridgehead atoms. The van der Waals surface area contributed by atoms with Crippen molar-refractivity contribution >= 4 is 27.9 Å². The van der Waals surface area contributed by atoms with Gasteiger partial charge in [-0.1, -0.05) is 28.8 Å². The van der Waals surface area contributed by atoms with Crippen LogP contribution in [0.1, 0.15) is 44.1 Å². The van der Waals surface area contributed by atoms with E-state index in [1.165, 1.54) is 57.3 Å². The van der Waals surface area contributed by atoms with Crippen LogP contribution in [-0.2, 0) is 9.59 Å². The van der Waals surface area contributed by atoms with E-state index < -0.39 is 11.9 Å². The van der Waals surface area contributed by atoms with Gasteiger partial charge in [0.2, 0.25) is 0 Å². The van der Waals surface area contributed by atoms with E-state index in [4.69, 9.17) is 24.5 Å². The van der Waals surface area contributed by atoms with E-state index in [9.17, 15) is 0 Å². The van der Waals surface area contributed by atoms with Crippen LogP contribution >= 0.6 is 15.9 Å². The molecule has 0 atom stereocenters. The topological polar surface area (TPSA) is 87.1 Å². The van der Waals surface area contributed by atoms with Crippen molar-refractivity contribution < 1.29 is 24.5 Å². The number of aryl methyl sites for hydroxylation is 1. The maximum Gasteiger partial charge on any atom is 0.414 e. The van der Waals surface area contributed by atoms with Gasteiger partial charge in [0, 0.05) is 4.47 Å². The molecule has 1 saturated heterocycles. The first-order chi connectivity index (χ1) is 12.4. The zero-order valence-electron chi connectivity index (χ0n) is 15.2. The minimum atomic E-state index is -1.82. The standard InChI is InChI=1S/C17H26BrNO.C2H2O4/c1-15-14-16(18)8-9-17(15)20-13-7-6-12-19-10-4-2-3-5-11-19;3-1(4)2(5)6/h8-9,14H,2-7,10-13H2,1H3;(H,3,4)(H,5,6). The fourth-order valence-corrected chi connectivity index (χ4v) is 3.23. The predicted molar refractivity (Wildman–Crippen MR) is 104 cm³/mol. The Balaban J connectivity index is 0.000000487. The average molecular weight is 430 g/mol. The fourth-order valence-electron chi connectivity index (χ4n) is 2.75. The minimum absolute atomic E-state index is 0.830. The molecule has 0 unspecified atom stereocenters. The van der Waals surface area contributed by atoms with Crippen molar-refractivity contribution in [3.63, 3.8) is 0 Å². The smallest absolute Gasteiger partial charge is 0.414 e. The molecule has 0 saturated carbocycles. The molecule has 146 valence electrons. The second-order valence-corrected chi connectivity index (χ2v) is 7.25. The normalized spacial score (nSPS) is 14.7. The molecule has 1 aromatic carbocycles. The summed E-state index contributed by atoms with van der Waals surface area (Å²) in [6, 6.07) is 6.19. The Morgan fingerprint density at radius 3 is 2.23 bits per heavy atom. The monoisotopic (exact) mass is 429 g/mol. The zero-order valence-corrected chi connectivity index (χ0v) is 16.8. The van der Waals surface area contributed by atoms with E-state index in [-0.39, 0.29) is 0 Å². The van der Waals surface area contributed by atoms with Crippen LogP contribution < -0.4 is 4.74 Å². The molecule has 1 fully saturated rings. The molecule has 0 aliphatic carbocycles. The SMILES string of the molecule is Cc1cc(Br)ccc1OCCCCN1CCCCCC1.O=C(O)C(=O)O. The molecule has 7 heteroatoms. The second-order valence-electron chi connectivity index (χ2n) is 6.33. The van der Waals surface area contributed by atoms with Crippen molar-refractivity contribution in [1.82, 2.24) is 4.90 Å². The number of nitrogens with zero attached hydrogens (tertiary/aromatic N) is 1. The summed E-state index contributed by atoms with van der Waals surface area (Å²) in [6.07, 6.45) is 8.00. The van der Waals surface area contributed by atoms with Crippen molar-refractivity contribution in [3.8, 4) is 5.75 Å². The Labute approximate surface area is 163 Å². The second kappa shape index (κ2) is 12.7. The Morgan fingerprint density at radius 2 is 1.69 bits per heavy atom. The van der Waals surface area contributed by atoms with Crippen molar-refractivity contribution in [3.05, 3.63) is 28.2 Å². The summed E-state index contributed by atoms with van der Waals surface area (Å²) in [5, 5.41) is 14.8. The van der Waals surface area contributed by atoms with Gasteiger partial charge in [-0.05, 0) is 76.0 Å². The average Bonchev–Trinajstić information content (AvgIpc) is 2.85. The third kappa shape index (κ3) is 9.77. The lowest BCUT2D eigenvalue weighted by molar-refractivity contribution is -0.159. The summed E-state index contributed by atoms with van der Waals surface area (Å²) in [7, 11) is 0. The number of aliphatic carboxylic acids is 2. The van der Waals surface area contributed by atoms with Crippen LogP contribution in [0.5, 0.6) is 5.75 Å². The number of ether oxygens (including phenoxy) is 1. The lowest BCUT2D eigenvalue weighted by Crippen LogP contribution is -2.25. The summed E-state index contributed by atoms with van der Waals surface area (Å²) < 4.78 is 6.98. The van der Waals surface area contributed by atoms with Crippen LogP contribution in [0.25, 0.3) is 0 Å². The Morgan fingerprint density at radius 1 is 1.08 bits per heavy atom. The van der Waals surface area contributed by atoms with E-state index in [1.807, 2.05) is 12.1 Å². The predicted octanol–water partition coefficient (Wildman–Crippen LogP) is 3.95. The van der Waals surface area contributed by atoms with Crippen LogP contribution in [0, 0.1) is 6.92 Å². The van der Waals surface area contributed by atoms with Crippen LogP contribution in [0.3, 0.4) is 0 Å². The fraction of sp³-hybridized carbons (Fsp3) is 0.579. The third-order valence-electron chi connectivity index (χ3n) is 4.14. The Bertz CT molecular complexity index is 559. The Hall–Kier alpha value is -1.60. The number of hydrogen-bond acceptors (Lipinski definition) is 4. The summed E-state index contributed by atoms with van der Waals surface area (Å²) in [5.41, 5.74) is 1.20. The summed E-state index contributed by atoms with van der Waals surface area (Å²) >= 11 is 3.48. The van der Waals surface area contributed by atoms with Crippen molar-refractivity contribution in [2.24, 2.45) is 0 Å². The number of rotatable bonds is 6. The van der Waals surface area contributed by atoms with Gasteiger partial charge in [-0.25, -0.2) is 9.59 Å². The van der Waals surface area contributed by atoms with Crippen LogP contribution in [-0.4, -0.2) is 53.3 Å². The number of benzene rings is 1. The van der Waals surface area contributed by atoms with Gasteiger partial charge in [-0.2, -0.15) is 0 Å². The van der Waals surface area contributed by atoms with Crippen molar-refractivity contribution in [2.45, 2.75) is 45.4 Å². The van der Waals surface area contributed by atoms with Crippen LogP contribution in [0.4, 0.5) is 0 Å². The van der Waals surface area contributed by atoms with Gasteiger partial charge in [-0.15, -0.1) is 0 Å². The molecular formula is C19H28BrNO5. The number of halogens is 1. The molecule has 2 rings (SSSR count). The summed E-state index contributed by atoms with van der Waals surface area (Å²) in [5.74, 6) is -2.63. The quantitative estimate of drug-likeness (QED) is 0.525. The van der Waals surface area contributed by atoms with Gasteiger partial charge < -0.3 is 19.8 Å².